The number of amides is 2. The van der Waals surface area contributed by atoms with Gasteiger partial charge in [-0.2, -0.15) is 0 Å². The molecule has 2 aliphatic rings. The molecule has 2 N–H and O–H groups in total. The molecule has 4 rings (SSSR count). The molecule has 2 aromatic rings. The van der Waals surface area contributed by atoms with E-state index < -0.39 is 23.5 Å². The van der Waals surface area contributed by atoms with Crippen molar-refractivity contribution in [1.82, 2.24) is 15.1 Å². The third-order valence-electron chi connectivity index (χ3n) is 7.38. The van der Waals surface area contributed by atoms with Crippen molar-refractivity contribution < 1.29 is 24.2 Å². The second-order valence-corrected chi connectivity index (χ2v) is 10.1. The third-order valence-corrected chi connectivity index (χ3v) is 7.38. The Bertz CT molecular complexity index is 1090. The van der Waals surface area contributed by atoms with Crippen molar-refractivity contribution in [1.29, 1.82) is 0 Å². The summed E-state index contributed by atoms with van der Waals surface area (Å²) in [7, 11) is 3.63. The molecular weight excluding hydrogens is 446 g/mol. The van der Waals surface area contributed by atoms with Crippen LogP contribution < -0.4 is 5.32 Å². The maximum atomic E-state index is 13.3. The fourth-order valence-electron chi connectivity index (χ4n) is 5.15. The van der Waals surface area contributed by atoms with Gasteiger partial charge in [-0.25, -0.2) is 4.79 Å². The largest absolute Gasteiger partial charge is 0.481 e. The molecule has 0 spiro atoms. The van der Waals surface area contributed by atoms with Crippen molar-refractivity contribution in [2.45, 2.75) is 25.8 Å². The molecule has 2 aromatic carbocycles. The van der Waals surface area contributed by atoms with Crippen LogP contribution in [0.4, 0.5) is 4.79 Å². The van der Waals surface area contributed by atoms with Gasteiger partial charge in [0.25, 0.3) is 0 Å². The summed E-state index contributed by atoms with van der Waals surface area (Å²) in [5.74, 6) is -1.50. The number of fused-ring (bicyclic) bond motifs is 3. The van der Waals surface area contributed by atoms with Crippen LogP contribution in [-0.2, 0) is 14.3 Å². The predicted molar refractivity (Wildman–Crippen MR) is 132 cm³/mol. The molecule has 1 aliphatic carbocycles. The van der Waals surface area contributed by atoms with Gasteiger partial charge in [0.15, 0.2) is 0 Å². The Balaban J connectivity index is 1.44. The zero-order valence-corrected chi connectivity index (χ0v) is 20.7. The molecule has 1 saturated heterocycles. The SMILES string of the molecule is C[C@H]1CN(C(=O)[C@H](CN(C)C)NC(=O)OCC2c3ccccc3-c3ccccc32)C[C@]1(C)C(=O)O. The topological polar surface area (TPSA) is 99.2 Å². The van der Waals surface area contributed by atoms with Gasteiger partial charge in [0.05, 0.1) is 5.41 Å². The number of rotatable bonds is 7. The average Bonchev–Trinajstić information content (AvgIpc) is 3.31. The maximum Gasteiger partial charge on any atom is 0.407 e. The number of carbonyl (C=O) groups is 3. The van der Waals surface area contributed by atoms with Crippen LogP contribution >= 0.6 is 0 Å². The molecule has 8 heteroatoms. The van der Waals surface area contributed by atoms with Crippen LogP contribution in [0.15, 0.2) is 48.5 Å². The number of ether oxygens (including phenoxy) is 1. The summed E-state index contributed by atoms with van der Waals surface area (Å²) in [4.78, 5) is 41.2. The first-order valence-electron chi connectivity index (χ1n) is 11.9. The lowest BCUT2D eigenvalue weighted by molar-refractivity contribution is -0.149. The highest BCUT2D eigenvalue weighted by Crippen LogP contribution is 2.44. The highest BCUT2D eigenvalue weighted by molar-refractivity contribution is 5.87. The Morgan fingerprint density at radius 3 is 2.20 bits per heavy atom. The van der Waals surface area contributed by atoms with E-state index in [4.69, 9.17) is 4.74 Å². The molecule has 0 saturated carbocycles. The normalized spacial score (nSPS) is 22.0. The number of nitrogens with one attached hydrogen (secondary N) is 1. The minimum absolute atomic E-state index is 0.0770. The van der Waals surface area contributed by atoms with Gasteiger partial charge in [0.1, 0.15) is 12.6 Å². The van der Waals surface area contributed by atoms with Crippen molar-refractivity contribution in [3.8, 4) is 11.1 Å². The van der Waals surface area contributed by atoms with Gasteiger partial charge in [-0.05, 0) is 49.2 Å². The van der Waals surface area contributed by atoms with Crippen LogP contribution in [0.1, 0.15) is 30.9 Å². The number of nitrogens with zero attached hydrogens (tertiary/aromatic N) is 2. The molecule has 0 radical (unpaired) electrons. The average molecular weight is 480 g/mol. The smallest absolute Gasteiger partial charge is 0.407 e. The van der Waals surface area contributed by atoms with Gasteiger partial charge < -0.3 is 25.0 Å². The van der Waals surface area contributed by atoms with E-state index in [0.29, 0.717) is 6.54 Å². The molecule has 186 valence electrons. The lowest BCUT2D eigenvalue weighted by Crippen LogP contribution is -2.53. The molecule has 35 heavy (non-hydrogen) atoms. The molecular formula is C27H33N3O5. The molecule has 3 atom stereocenters. The first-order valence-corrected chi connectivity index (χ1v) is 11.9. The van der Waals surface area contributed by atoms with Crippen LogP contribution in [0.5, 0.6) is 0 Å². The van der Waals surface area contributed by atoms with Gasteiger partial charge in [-0.3, -0.25) is 9.59 Å². The van der Waals surface area contributed by atoms with Crippen LogP contribution in [0.3, 0.4) is 0 Å². The zero-order chi connectivity index (χ0) is 25.3. The quantitative estimate of drug-likeness (QED) is 0.633. The molecule has 1 heterocycles. The van der Waals surface area contributed by atoms with E-state index in [0.717, 1.165) is 22.3 Å². The standard InChI is InChI=1S/C27H33N3O5/c1-17-13-30(16-27(17,2)25(32)33)24(31)23(14-29(3)4)28-26(34)35-15-22-20-11-7-5-9-18(20)19-10-6-8-12-21(19)22/h5-12,17,22-23H,13-16H2,1-4H3,(H,28,34)(H,32,33)/t17-,23-,27-/m0/s1. The van der Waals surface area contributed by atoms with Crippen LogP contribution in [0, 0.1) is 11.3 Å². The number of benzene rings is 2. The van der Waals surface area contributed by atoms with E-state index in [1.165, 1.54) is 4.90 Å². The van der Waals surface area contributed by atoms with Crippen LogP contribution in [0.25, 0.3) is 11.1 Å². The van der Waals surface area contributed by atoms with Crippen molar-refractivity contribution in [3.05, 3.63) is 59.7 Å². The second kappa shape index (κ2) is 9.70. The second-order valence-electron chi connectivity index (χ2n) is 10.1. The number of alkyl carbamates (subject to hydrolysis) is 1. The lowest BCUT2D eigenvalue weighted by Gasteiger charge is -2.27. The third kappa shape index (κ3) is 4.75. The van der Waals surface area contributed by atoms with E-state index >= 15 is 0 Å². The maximum absolute atomic E-state index is 13.3. The molecule has 2 amide bonds. The summed E-state index contributed by atoms with van der Waals surface area (Å²) in [5, 5.41) is 12.4. The molecule has 0 bridgehead atoms. The Labute approximate surface area is 205 Å². The first-order chi connectivity index (χ1) is 16.6. The number of carbonyl (C=O) groups excluding carboxylic acids is 2. The van der Waals surface area contributed by atoms with E-state index in [2.05, 4.69) is 17.4 Å². The van der Waals surface area contributed by atoms with E-state index in [1.54, 1.807) is 6.92 Å². The molecule has 8 nitrogen and oxygen atoms in total. The van der Waals surface area contributed by atoms with Crippen molar-refractivity contribution in [3.63, 3.8) is 0 Å². The van der Waals surface area contributed by atoms with Gasteiger partial charge in [0, 0.05) is 25.6 Å². The number of likely N-dealkylation sites (tertiary alicyclic amines) is 1. The zero-order valence-electron chi connectivity index (χ0n) is 20.7. The fourth-order valence-corrected chi connectivity index (χ4v) is 5.15. The predicted octanol–water partition coefficient (Wildman–Crippen LogP) is 3.02. The monoisotopic (exact) mass is 479 g/mol. The van der Waals surface area contributed by atoms with Gasteiger partial charge in [-0.1, -0.05) is 55.5 Å². The summed E-state index contributed by atoms with van der Waals surface area (Å²) in [6.07, 6.45) is -0.666. The number of hydrogen-bond donors (Lipinski definition) is 2. The van der Waals surface area contributed by atoms with Crippen molar-refractivity contribution in [2.75, 3.05) is 40.3 Å². The summed E-state index contributed by atoms with van der Waals surface area (Å²) in [6.45, 7) is 4.36. The number of likely N-dealkylation sites (N-methyl/N-ethyl adjacent to an activating group) is 1. The minimum atomic E-state index is -1.01. The summed E-state index contributed by atoms with van der Waals surface area (Å²) < 4.78 is 5.63. The van der Waals surface area contributed by atoms with Crippen molar-refractivity contribution in [2.24, 2.45) is 11.3 Å². The molecule has 1 aliphatic heterocycles. The highest BCUT2D eigenvalue weighted by atomic mass is 16.5. The summed E-state index contributed by atoms with van der Waals surface area (Å²) in [6, 6.07) is 15.3. The highest BCUT2D eigenvalue weighted by Gasteiger charge is 2.48. The number of carboxylic acid groups (broad SMARTS) is 1. The number of hydrogen-bond acceptors (Lipinski definition) is 5. The Morgan fingerprint density at radius 2 is 1.69 bits per heavy atom. The van der Waals surface area contributed by atoms with Crippen LogP contribution in [0.2, 0.25) is 0 Å². The van der Waals surface area contributed by atoms with Crippen LogP contribution in [-0.4, -0.2) is 79.3 Å². The first kappa shape index (κ1) is 24.7. The Morgan fingerprint density at radius 1 is 1.11 bits per heavy atom. The molecule has 0 unspecified atom stereocenters. The van der Waals surface area contributed by atoms with E-state index in [-0.39, 0.29) is 37.4 Å². The number of aliphatic carboxylic acids is 1. The Kier molecular flexibility index (Phi) is 6.85. The van der Waals surface area contributed by atoms with Gasteiger partial charge in [-0.15, -0.1) is 0 Å². The van der Waals surface area contributed by atoms with E-state index in [1.807, 2.05) is 62.3 Å². The minimum Gasteiger partial charge on any atom is -0.481 e. The molecule has 1 fully saturated rings. The molecule has 0 aromatic heterocycles. The van der Waals surface area contributed by atoms with Gasteiger partial charge in [0.2, 0.25) is 5.91 Å². The Hall–Kier alpha value is -3.39. The summed E-state index contributed by atoms with van der Waals surface area (Å²) >= 11 is 0. The summed E-state index contributed by atoms with van der Waals surface area (Å²) in [5.41, 5.74) is 3.50. The number of carboxylic acids is 1. The lowest BCUT2D eigenvalue weighted by atomic mass is 9.81. The van der Waals surface area contributed by atoms with E-state index in [9.17, 15) is 19.5 Å². The fraction of sp³-hybridized carbons (Fsp3) is 0.444. The van der Waals surface area contributed by atoms with Gasteiger partial charge >= 0.3 is 12.1 Å². The van der Waals surface area contributed by atoms with Crippen molar-refractivity contribution >= 4 is 18.0 Å².